The summed E-state index contributed by atoms with van der Waals surface area (Å²) in [4.78, 5) is 17.3. The van der Waals surface area contributed by atoms with Crippen LogP contribution in [-0.4, -0.2) is 21.5 Å². The first-order chi connectivity index (χ1) is 13.4. The molecule has 28 heavy (non-hydrogen) atoms. The van der Waals surface area contributed by atoms with Gasteiger partial charge in [-0.05, 0) is 36.8 Å². The van der Waals surface area contributed by atoms with Crippen molar-refractivity contribution in [1.29, 1.82) is 0 Å². The Kier molecular flexibility index (Phi) is 5.67. The minimum atomic E-state index is -4.42. The number of hydrogen-bond acceptors (Lipinski definition) is 6. The van der Waals surface area contributed by atoms with Gasteiger partial charge in [-0.25, -0.2) is 0 Å². The highest BCUT2D eigenvalue weighted by atomic mass is 19.4. The van der Waals surface area contributed by atoms with Crippen LogP contribution in [0, 0.1) is 0 Å². The van der Waals surface area contributed by atoms with Crippen LogP contribution in [0.5, 0.6) is 0 Å². The summed E-state index contributed by atoms with van der Waals surface area (Å²) in [7, 11) is 0. The van der Waals surface area contributed by atoms with E-state index in [4.69, 9.17) is 9.25 Å². The van der Waals surface area contributed by atoms with Crippen LogP contribution in [0.3, 0.4) is 0 Å². The third-order valence-corrected chi connectivity index (χ3v) is 3.75. The van der Waals surface area contributed by atoms with Gasteiger partial charge in [-0.2, -0.15) is 17.9 Å². The average Bonchev–Trinajstić information content (AvgIpc) is 3.11. The molecule has 0 aliphatic heterocycles. The van der Waals surface area contributed by atoms with Crippen LogP contribution < -0.4 is 15.7 Å². The first-order valence-corrected chi connectivity index (χ1v) is 8.51. The van der Waals surface area contributed by atoms with Crippen LogP contribution >= 0.6 is 0 Å². The minimum absolute atomic E-state index is 0.000973. The number of aromatic nitrogens is 3. The van der Waals surface area contributed by atoms with E-state index in [1.54, 1.807) is 6.07 Å². The summed E-state index contributed by atoms with van der Waals surface area (Å²) in [6, 6.07) is 7.25. The highest BCUT2D eigenvalue weighted by Crippen LogP contribution is 2.31. The van der Waals surface area contributed by atoms with E-state index >= 15 is 0 Å². The van der Waals surface area contributed by atoms with Gasteiger partial charge in [-0.3, -0.25) is 4.79 Å². The monoisotopic (exact) mass is 394 g/mol. The fraction of sp³-hybridized carbons (Fsp3) is 0.278. The summed E-state index contributed by atoms with van der Waals surface area (Å²) in [5.41, 5.74) is -0.393. The number of halogens is 3. The standard InChI is InChI=1S/C18H17F3N4O3/c1-2-3-10-27-25-9-8-14(11-15(25)26)22-17-24-23-16(28-17)12-4-6-13(7-5-12)18(19,20)21/h4-9,11H,2-3,10H2,1H3,(H,22,24). The zero-order valence-electron chi connectivity index (χ0n) is 14.9. The molecule has 3 rings (SSSR count). The Morgan fingerprint density at radius 2 is 1.93 bits per heavy atom. The number of rotatable bonds is 7. The van der Waals surface area contributed by atoms with E-state index < -0.39 is 11.7 Å². The van der Waals surface area contributed by atoms with E-state index in [9.17, 15) is 18.0 Å². The number of alkyl halides is 3. The van der Waals surface area contributed by atoms with Gasteiger partial charge >= 0.3 is 12.2 Å². The molecule has 0 aliphatic rings. The number of nitrogens with one attached hydrogen (secondary N) is 1. The van der Waals surface area contributed by atoms with Crippen LogP contribution in [-0.2, 0) is 6.18 Å². The second kappa shape index (κ2) is 8.15. The minimum Gasteiger partial charge on any atom is -0.411 e. The molecule has 0 saturated carbocycles. The van der Waals surface area contributed by atoms with Gasteiger partial charge in [0, 0.05) is 23.5 Å². The lowest BCUT2D eigenvalue weighted by atomic mass is 10.1. The van der Waals surface area contributed by atoms with E-state index in [0.717, 1.165) is 29.7 Å². The Morgan fingerprint density at radius 1 is 1.18 bits per heavy atom. The normalized spacial score (nSPS) is 11.4. The lowest BCUT2D eigenvalue weighted by molar-refractivity contribution is -0.137. The summed E-state index contributed by atoms with van der Waals surface area (Å²) in [5, 5.41) is 10.4. The summed E-state index contributed by atoms with van der Waals surface area (Å²) < 4.78 is 44.4. The third-order valence-electron chi connectivity index (χ3n) is 3.75. The van der Waals surface area contributed by atoms with E-state index in [-0.39, 0.29) is 17.5 Å². The van der Waals surface area contributed by atoms with Gasteiger partial charge in [0.2, 0.25) is 5.89 Å². The maximum atomic E-state index is 12.6. The smallest absolute Gasteiger partial charge is 0.411 e. The van der Waals surface area contributed by atoms with E-state index in [2.05, 4.69) is 15.5 Å². The Bertz CT molecular complexity index is 981. The van der Waals surface area contributed by atoms with Crippen molar-refractivity contribution >= 4 is 11.7 Å². The zero-order valence-corrected chi connectivity index (χ0v) is 14.9. The number of pyridine rings is 1. The lowest BCUT2D eigenvalue weighted by Gasteiger charge is -2.08. The average molecular weight is 394 g/mol. The second-order valence-electron chi connectivity index (χ2n) is 5.88. The molecule has 148 valence electrons. The lowest BCUT2D eigenvalue weighted by Crippen LogP contribution is -2.26. The summed E-state index contributed by atoms with van der Waals surface area (Å²) >= 11 is 0. The molecule has 0 atom stereocenters. The number of benzene rings is 1. The largest absolute Gasteiger partial charge is 0.416 e. The zero-order chi connectivity index (χ0) is 20.1. The summed E-state index contributed by atoms with van der Waals surface area (Å²) in [6.07, 6.45) is -1.16. The number of anilines is 2. The first kappa shape index (κ1) is 19.5. The molecule has 2 heterocycles. The van der Waals surface area contributed by atoms with Gasteiger partial charge in [0.05, 0.1) is 5.56 Å². The van der Waals surface area contributed by atoms with Crippen LogP contribution in [0.25, 0.3) is 11.5 Å². The summed E-state index contributed by atoms with van der Waals surface area (Å²) in [6.45, 7) is 2.45. The van der Waals surface area contributed by atoms with Gasteiger partial charge in [-0.15, -0.1) is 5.10 Å². The molecule has 0 aliphatic carbocycles. The molecule has 1 N–H and O–H groups in total. The first-order valence-electron chi connectivity index (χ1n) is 8.51. The Morgan fingerprint density at radius 3 is 2.57 bits per heavy atom. The Hall–Kier alpha value is -3.30. The van der Waals surface area contributed by atoms with Gasteiger partial charge in [0.1, 0.15) is 6.61 Å². The van der Waals surface area contributed by atoms with Crippen molar-refractivity contribution in [3.05, 3.63) is 58.5 Å². The highest BCUT2D eigenvalue weighted by Gasteiger charge is 2.30. The molecule has 0 saturated heterocycles. The van der Waals surface area contributed by atoms with Crippen LogP contribution in [0.15, 0.2) is 51.8 Å². The number of nitrogens with zero attached hydrogens (tertiary/aromatic N) is 3. The molecule has 7 nitrogen and oxygen atoms in total. The SMILES string of the molecule is CCCCOn1ccc(Nc2nnc(-c3ccc(C(F)(F)F)cc3)o2)cc1=O. The van der Waals surface area contributed by atoms with Crippen LogP contribution in [0.4, 0.5) is 24.9 Å². The van der Waals surface area contributed by atoms with Gasteiger partial charge < -0.3 is 14.6 Å². The van der Waals surface area contributed by atoms with E-state index in [1.165, 1.54) is 24.4 Å². The van der Waals surface area contributed by atoms with Crippen molar-refractivity contribution in [3.8, 4) is 11.5 Å². The molecule has 0 radical (unpaired) electrons. The highest BCUT2D eigenvalue weighted by molar-refractivity contribution is 5.56. The molecule has 0 spiro atoms. The van der Waals surface area contributed by atoms with E-state index in [1.807, 2.05) is 6.92 Å². The number of hydrogen-bond donors (Lipinski definition) is 1. The van der Waals surface area contributed by atoms with E-state index in [0.29, 0.717) is 17.9 Å². The molecule has 0 amide bonds. The molecular formula is C18H17F3N4O3. The number of unbranched alkanes of at least 4 members (excludes halogenated alkanes) is 1. The molecule has 1 aromatic carbocycles. The van der Waals surface area contributed by atoms with Crippen molar-refractivity contribution in [2.45, 2.75) is 25.9 Å². The molecule has 3 aromatic rings. The maximum absolute atomic E-state index is 12.6. The predicted octanol–water partition coefficient (Wildman–Crippen LogP) is 3.89. The van der Waals surface area contributed by atoms with Crippen molar-refractivity contribution in [2.24, 2.45) is 0 Å². The van der Waals surface area contributed by atoms with Crippen molar-refractivity contribution < 1.29 is 22.4 Å². The summed E-state index contributed by atoms with van der Waals surface area (Å²) in [5.74, 6) is 0.0486. The molecule has 2 aromatic heterocycles. The van der Waals surface area contributed by atoms with Gasteiger partial charge in [-0.1, -0.05) is 18.4 Å². The van der Waals surface area contributed by atoms with Crippen molar-refractivity contribution in [1.82, 2.24) is 14.9 Å². The molecular weight excluding hydrogens is 377 g/mol. The molecule has 0 fully saturated rings. The van der Waals surface area contributed by atoms with Gasteiger partial charge in [0.25, 0.3) is 5.56 Å². The molecule has 0 bridgehead atoms. The maximum Gasteiger partial charge on any atom is 0.416 e. The predicted molar refractivity (Wildman–Crippen MR) is 95.1 cm³/mol. The Balaban J connectivity index is 1.69. The third kappa shape index (κ3) is 4.70. The fourth-order valence-corrected chi connectivity index (χ4v) is 2.27. The molecule has 0 unspecified atom stereocenters. The van der Waals surface area contributed by atoms with Crippen LogP contribution in [0.2, 0.25) is 0 Å². The fourth-order valence-electron chi connectivity index (χ4n) is 2.27. The van der Waals surface area contributed by atoms with Crippen molar-refractivity contribution in [3.63, 3.8) is 0 Å². The molecule has 10 heteroatoms. The second-order valence-corrected chi connectivity index (χ2v) is 5.88. The van der Waals surface area contributed by atoms with Crippen LogP contribution in [0.1, 0.15) is 25.3 Å². The van der Waals surface area contributed by atoms with Gasteiger partial charge in [0.15, 0.2) is 0 Å². The quantitative estimate of drug-likeness (QED) is 0.613. The van der Waals surface area contributed by atoms with Crippen molar-refractivity contribution in [2.75, 3.05) is 11.9 Å². The topological polar surface area (TPSA) is 82.2 Å². The Labute approximate surface area is 157 Å².